The van der Waals surface area contributed by atoms with Crippen molar-refractivity contribution in [1.29, 1.82) is 0 Å². The monoisotopic (exact) mass is 404 g/mol. The fraction of sp³-hybridized carbons (Fsp3) is 0.714. The fourth-order valence-electron chi connectivity index (χ4n) is 7.09. The number of allylic oxidation sites excluding steroid dienone is 3. The average molecular weight is 405 g/mol. The Morgan fingerprint density at radius 2 is 2.12 bits per heavy atom. The van der Waals surface area contributed by atoms with Crippen LogP contribution in [-0.4, -0.2) is 28.6 Å². The minimum absolute atomic E-state index is 0.0119. The second-order valence-corrected chi connectivity index (χ2v) is 9.71. The summed E-state index contributed by atoms with van der Waals surface area (Å²) in [7, 11) is 0. The summed E-state index contributed by atoms with van der Waals surface area (Å²) in [6.07, 6.45) is 10.0. The maximum absolute atomic E-state index is 12.5. The first-order chi connectivity index (χ1) is 11.9. The van der Waals surface area contributed by atoms with Crippen molar-refractivity contribution in [2.45, 2.75) is 64.1 Å². The normalized spacial score (nSPS) is 50.0. The predicted octanol–water partition coefficient (Wildman–Crippen LogP) is 4.15. The molecular formula is C21H25BrO3. The van der Waals surface area contributed by atoms with Crippen molar-refractivity contribution in [3.8, 4) is 0 Å². The van der Waals surface area contributed by atoms with E-state index in [2.05, 4.69) is 35.9 Å². The molecule has 134 valence electrons. The number of Topliss-reactive ketones (excluding diaryl/α,β-unsaturated/α-hetero) is 1. The van der Waals surface area contributed by atoms with Crippen molar-refractivity contribution in [2.75, 3.05) is 5.33 Å². The molecule has 25 heavy (non-hydrogen) atoms. The number of hydrogen-bond acceptors (Lipinski definition) is 3. The summed E-state index contributed by atoms with van der Waals surface area (Å²) in [6, 6.07) is 0. The first-order valence-corrected chi connectivity index (χ1v) is 10.7. The summed E-state index contributed by atoms with van der Waals surface area (Å²) in [4.78, 5) is 24.4. The third kappa shape index (κ3) is 1.81. The lowest BCUT2D eigenvalue weighted by Crippen LogP contribution is -2.57. The van der Waals surface area contributed by atoms with Gasteiger partial charge in [0, 0.05) is 17.3 Å². The zero-order valence-corrected chi connectivity index (χ0v) is 16.5. The van der Waals surface area contributed by atoms with Crippen molar-refractivity contribution in [2.24, 2.45) is 22.7 Å². The van der Waals surface area contributed by atoms with Crippen LogP contribution in [0.4, 0.5) is 0 Å². The number of ketones is 2. The lowest BCUT2D eigenvalue weighted by atomic mass is 9.46. The van der Waals surface area contributed by atoms with Crippen molar-refractivity contribution in [1.82, 2.24) is 0 Å². The van der Waals surface area contributed by atoms with Crippen LogP contribution in [0.5, 0.6) is 0 Å². The molecule has 0 radical (unpaired) electrons. The van der Waals surface area contributed by atoms with Gasteiger partial charge in [0.1, 0.15) is 5.60 Å². The highest BCUT2D eigenvalue weighted by molar-refractivity contribution is 9.09. The van der Waals surface area contributed by atoms with E-state index < -0.39 is 0 Å². The minimum Gasteiger partial charge on any atom is -0.365 e. The molecule has 1 unspecified atom stereocenters. The van der Waals surface area contributed by atoms with E-state index >= 15 is 0 Å². The Bertz CT molecular complexity index is 752. The van der Waals surface area contributed by atoms with Gasteiger partial charge in [0.15, 0.2) is 11.6 Å². The molecule has 0 aromatic heterocycles. The Labute approximate surface area is 157 Å². The molecule has 1 saturated heterocycles. The SMILES string of the molecule is C[C@]12CCC(=O)C=C1CC[C@H]1[C@@H]3CC=C(C(=O)CBr)[C@@]3(C)CC3O[C@]312. The summed E-state index contributed by atoms with van der Waals surface area (Å²) in [5.74, 6) is 1.53. The van der Waals surface area contributed by atoms with Crippen LogP contribution in [0.1, 0.15) is 52.4 Å². The first-order valence-electron chi connectivity index (χ1n) is 9.58. The third-order valence-corrected chi connectivity index (χ3v) is 8.85. The lowest BCUT2D eigenvalue weighted by molar-refractivity contribution is -0.118. The number of carbonyl (C=O) groups is 2. The molecule has 5 aliphatic rings. The zero-order chi connectivity index (χ0) is 17.6. The first kappa shape index (κ1) is 16.4. The molecule has 1 heterocycles. The Kier molecular flexibility index (Phi) is 3.25. The van der Waals surface area contributed by atoms with Crippen LogP contribution in [0.25, 0.3) is 0 Å². The second-order valence-electron chi connectivity index (χ2n) is 9.15. The number of hydrogen-bond donors (Lipinski definition) is 0. The number of fused-ring (bicyclic) bond motifs is 3. The van der Waals surface area contributed by atoms with Crippen LogP contribution < -0.4 is 0 Å². The van der Waals surface area contributed by atoms with Crippen molar-refractivity contribution in [3.63, 3.8) is 0 Å². The molecule has 2 saturated carbocycles. The molecule has 4 aliphatic carbocycles. The maximum Gasteiger partial charge on any atom is 0.169 e. The third-order valence-electron chi connectivity index (χ3n) is 8.34. The van der Waals surface area contributed by atoms with Crippen LogP contribution >= 0.6 is 15.9 Å². The standard InChI is InChI=1S/C21H25BrO3/c1-19-10-18-21(25-18)15(14(19)5-6-16(19)17(24)11-22)4-3-12-9-13(23)7-8-20(12,21)2/h6,9,14-15,18H,3-5,7-8,10-11H2,1-2H3/t14-,15-,18?,19-,20-,21-/m0/s1. The van der Waals surface area contributed by atoms with Crippen molar-refractivity contribution >= 4 is 27.5 Å². The highest BCUT2D eigenvalue weighted by Crippen LogP contribution is 2.75. The van der Waals surface area contributed by atoms with Gasteiger partial charge in [-0.2, -0.15) is 0 Å². The summed E-state index contributed by atoms with van der Waals surface area (Å²) in [5, 5.41) is 0.412. The molecule has 3 fully saturated rings. The van der Waals surface area contributed by atoms with Crippen LogP contribution in [0.3, 0.4) is 0 Å². The van der Waals surface area contributed by atoms with Gasteiger partial charge in [0.2, 0.25) is 0 Å². The second kappa shape index (κ2) is 4.95. The summed E-state index contributed by atoms with van der Waals surface area (Å²) in [5.41, 5.74) is 2.25. The topological polar surface area (TPSA) is 46.7 Å². The molecule has 0 aromatic rings. The Morgan fingerprint density at radius 1 is 1.32 bits per heavy atom. The van der Waals surface area contributed by atoms with E-state index in [9.17, 15) is 9.59 Å². The van der Waals surface area contributed by atoms with Gasteiger partial charge in [-0.05, 0) is 55.6 Å². The van der Waals surface area contributed by atoms with Crippen LogP contribution in [0.15, 0.2) is 23.3 Å². The van der Waals surface area contributed by atoms with Gasteiger partial charge in [0.25, 0.3) is 0 Å². The van der Waals surface area contributed by atoms with E-state index in [0.717, 1.165) is 37.7 Å². The van der Waals surface area contributed by atoms with Gasteiger partial charge in [-0.25, -0.2) is 0 Å². The van der Waals surface area contributed by atoms with Crippen LogP contribution in [0.2, 0.25) is 0 Å². The average Bonchev–Trinajstić information content (AvgIpc) is 3.20. The van der Waals surface area contributed by atoms with Gasteiger partial charge >= 0.3 is 0 Å². The van der Waals surface area contributed by atoms with E-state index in [1.807, 2.05) is 6.08 Å². The Balaban J connectivity index is 1.55. The molecule has 0 N–H and O–H groups in total. The molecule has 6 atom stereocenters. The van der Waals surface area contributed by atoms with Gasteiger partial charge in [-0.1, -0.05) is 41.4 Å². The Hall–Kier alpha value is -0.740. The van der Waals surface area contributed by atoms with Crippen LogP contribution in [0, 0.1) is 22.7 Å². The lowest BCUT2D eigenvalue weighted by Gasteiger charge is -2.55. The summed E-state index contributed by atoms with van der Waals surface area (Å²) < 4.78 is 6.54. The van der Waals surface area contributed by atoms with Crippen LogP contribution in [-0.2, 0) is 14.3 Å². The highest BCUT2D eigenvalue weighted by Gasteiger charge is 2.78. The molecule has 1 aliphatic heterocycles. The van der Waals surface area contributed by atoms with Gasteiger partial charge in [-0.15, -0.1) is 0 Å². The van der Waals surface area contributed by atoms with E-state index in [4.69, 9.17) is 4.74 Å². The van der Waals surface area contributed by atoms with Crippen molar-refractivity contribution in [3.05, 3.63) is 23.3 Å². The molecule has 3 nitrogen and oxygen atoms in total. The van der Waals surface area contributed by atoms with E-state index in [-0.39, 0.29) is 34.1 Å². The molecule has 4 heteroatoms. The Morgan fingerprint density at radius 3 is 2.88 bits per heavy atom. The maximum atomic E-state index is 12.5. The number of ether oxygens (including phenoxy) is 1. The quantitative estimate of drug-likeness (QED) is 0.512. The number of carbonyl (C=O) groups excluding carboxylic acids is 2. The number of halogens is 1. The largest absolute Gasteiger partial charge is 0.365 e. The number of rotatable bonds is 2. The molecule has 0 bridgehead atoms. The van der Waals surface area contributed by atoms with Gasteiger partial charge < -0.3 is 4.74 Å². The van der Waals surface area contributed by atoms with Crippen molar-refractivity contribution < 1.29 is 14.3 Å². The molecule has 1 spiro atoms. The molecule has 0 amide bonds. The predicted molar refractivity (Wildman–Crippen MR) is 98.5 cm³/mol. The zero-order valence-electron chi connectivity index (χ0n) is 14.9. The summed E-state index contributed by atoms with van der Waals surface area (Å²) >= 11 is 3.36. The highest BCUT2D eigenvalue weighted by atomic mass is 79.9. The molecule has 5 rings (SSSR count). The molecule has 0 aromatic carbocycles. The minimum atomic E-state index is -0.0807. The smallest absolute Gasteiger partial charge is 0.169 e. The van der Waals surface area contributed by atoms with Gasteiger partial charge in [-0.3, -0.25) is 9.59 Å². The van der Waals surface area contributed by atoms with E-state index in [0.29, 0.717) is 23.6 Å². The van der Waals surface area contributed by atoms with Gasteiger partial charge in [0.05, 0.1) is 11.4 Å². The number of alkyl halides is 1. The van der Waals surface area contributed by atoms with E-state index in [1.54, 1.807) is 0 Å². The fourth-order valence-corrected chi connectivity index (χ4v) is 7.39. The summed E-state index contributed by atoms with van der Waals surface area (Å²) in [6.45, 7) is 4.63. The molecular weight excluding hydrogens is 380 g/mol. The van der Waals surface area contributed by atoms with E-state index in [1.165, 1.54) is 5.57 Å². The number of epoxide rings is 1.